The van der Waals surface area contributed by atoms with Gasteiger partial charge in [-0.15, -0.1) is 6.42 Å². The summed E-state index contributed by atoms with van der Waals surface area (Å²) in [5.74, 6) is 5.19. The Bertz CT molecular complexity index is 536. The Morgan fingerprint density at radius 2 is 1.91 bits per heavy atom. The first-order chi connectivity index (χ1) is 10.6. The predicted octanol–water partition coefficient (Wildman–Crippen LogP) is 1.67. The molecular weight excluding hydrogens is 274 g/mol. The fourth-order valence-corrected chi connectivity index (χ4v) is 5.88. The number of amides is 1. The Labute approximate surface area is 132 Å². The van der Waals surface area contributed by atoms with Gasteiger partial charge in [0.1, 0.15) is 6.04 Å². The van der Waals surface area contributed by atoms with Crippen LogP contribution in [0.25, 0.3) is 0 Å². The smallest absolute Gasteiger partial charge is 0.238 e. The zero-order valence-electron chi connectivity index (χ0n) is 12.9. The monoisotopic (exact) mass is 297 g/mol. The van der Waals surface area contributed by atoms with Gasteiger partial charge in [0.2, 0.25) is 5.91 Å². The maximum atomic E-state index is 12.6. The molecule has 4 heteroatoms. The van der Waals surface area contributed by atoms with E-state index in [2.05, 4.69) is 17.3 Å². The van der Waals surface area contributed by atoms with E-state index in [0.29, 0.717) is 13.0 Å². The number of nitrogens with one attached hydrogen (secondary N) is 1. The van der Waals surface area contributed by atoms with E-state index in [0.717, 1.165) is 24.2 Å². The number of hydrogen-bond acceptors (Lipinski definition) is 3. The van der Waals surface area contributed by atoms with Crippen molar-refractivity contribution in [3.63, 3.8) is 0 Å². The van der Waals surface area contributed by atoms with E-state index in [9.17, 15) is 10.1 Å². The molecule has 0 spiro atoms. The summed E-state index contributed by atoms with van der Waals surface area (Å²) in [5, 5.41) is 12.8. The van der Waals surface area contributed by atoms with Crippen molar-refractivity contribution in [3.8, 4) is 18.4 Å². The third-order valence-corrected chi connectivity index (χ3v) is 6.60. The predicted molar refractivity (Wildman–Crippen MR) is 82.4 cm³/mol. The van der Waals surface area contributed by atoms with Gasteiger partial charge in [0, 0.05) is 5.54 Å². The number of likely N-dealkylation sites (tertiary alicyclic amines) is 1. The molecule has 5 aliphatic rings. The Kier molecular flexibility index (Phi) is 3.20. The van der Waals surface area contributed by atoms with Crippen molar-refractivity contribution in [2.75, 3.05) is 6.54 Å². The summed E-state index contributed by atoms with van der Waals surface area (Å²) in [5.41, 5.74) is 0.205. The second kappa shape index (κ2) is 5.00. The van der Waals surface area contributed by atoms with Crippen LogP contribution in [-0.4, -0.2) is 35.0 Å². The van der Waals surface area contributed by atoms with Crippen LogP contribution in [0.15, 0.2) is 0 Å². The first kappa shape index (κ1) is 14.1. The van der Waals surface area contributed by atoms with E-state index >= 15 is 0 Å². The molecular formula is C18H23N3O. The molecule has 4 saturated carbocycles. The normalized spacial score (nSPS) is 45.0. The van der Waals surface area contributed by atoms with Crippen LogP contribution in [0.1, 0.15) is 44.9 Å². The quantitative estimate of drug-likeness (QED) is 0.806. The molecule has 22 heavy (non-hydrogen) atoms. The Morgan fingerprint density at radius 1 is 1.23 bits per heavy atom. The Balaban J connectivity index is 1.43. The lowest BCUT2D eigenvalue weighted by atomic mass is 9.80. The fraction of sp³-hybridized carbons (Fsp3) is 0.778. The molecule has 5 rings (SSSR count). The average molecular weight is 297 g/mol. The van der Waals surface area contributed by atoms with Crippen LogP contribution in [0.4, 0.5) is 0 Å². The molecule has 4 bridgehead atoms. The van der Waals surface area contributed by atoms with Crippen LogP contribution in [0.2, 0.25) is 0 Å². The standard InChI is InChI=1S/C18H23N3O/c1-2-15-3-4-16(10-19)21(15)17(22)11-20-18-8-12-5-13(9-18)7-14(18)6-12/h1,12-16,20H,3-9,11H2/t12-,13+,14?,15-,16-,18?/m0/s1. The third-order valence-electron chi connectivity index (χ3n) is 6.60. The lowest BCUT2D eigenvalue weighted by molar-refractivity contribution is -0.131. The lowest BCUT2D eigenvalue weighted by Gasteiger charge is -2.35. The molecule has 1 amide bonds. The fourth-order valence-electron chi connectivity index (χ4n) is 5.88. The van der Waals surface area contributed by atoms with E-state index in [1.807, 2.05) is 0 Å². The number of terminal acetylenes is 1. The van der Waals surface area contributed by atoms with Gasteiger partial charge in [-0.1, -0.05) is 5.92 Å². The molecule has 1 aliphatic heterocycles. The molecule has 0 radical (unpaired) electrons. The highest BCUT2D eigenvalue weighted by Gasteiger charge is 2.57. The van der Waals surface area contributed by atoms with E-state index < -0.39 is 0 Å². The first-order valence-electron chi connectivity index (χ1n) is 8.57. The van der Waals surface area contributed by atoms with Gasteiger partial charge < -0.3 is 10.2 Å². The van der Waals surface area contributed by atoms with Crippen LogP contribution in [-0.2, 0) is 4.79 Å². The summed E-state index contributed by atoms with van der Waals surface area (Å²) in [6.45, 7) is 0.340. The Hall–Kier alpha value is -1.52. The molecule has 4 aliphatic carbocycles. The summed E-state index contributed by atoms with van der Waals surface area (Å²) in [6.07, 6.45) is 13.5. The molecule has 4 nitrogen and oxygen atoms in total. The number of carbonyl (C=O) groups is 1. The summed E-state index contributed by atoms with van der Waals surface area (Å²) in [6, 6.07) is 1.68. The van der Waals surface area contributed by atoms with Crippen LogP contribution in [0.3, 0.4) is 0 Å². The second-order valence-corrected chi connectivity index (χ2v) is 7.76. The molecule has 1 heterocycles. The summed E-state index contributed by atoms with van der Waals surface area (Å²) in [7, 11) is 0. The number of carbonyl (C=O) groups excluding carboxylic acids is 1. The zero-order valence-corrected chi connectivity index (χ0v) is 12.9. The highest BCUT2D eigenvalue weighted by Crippen LogP contribution is 2.60. The minimum absolute atomic E-state index is 0.00704. The second-order valence-electron chi connectivity index (χ2n) is 7.76. The van der Waals surface area contributed by atoms with Crippen LogP contribution >= 0.6 is 0 Å². The third kappa shape index (κ3) is 1.97. The van der Waals surface area contributed by atoms with E-state index in [1.165, 1.54) is 32.1 Å². The van der Waals surface area contributed by atoms with Crippen molar-refractivity contribution in [1.29, 1.82) is 5.26 Å². The minimum atomic E-state index is -0.343. The number of hydrogen-bond donors (Lipinski definition) is 1. The molecule has 116 valence electrons. The van der Waals surface area contributed by atoms with E-state index in [1.54, 1.807) is 4.90 Å². The van der Waals surface area contributed by atoms with Gasteiger partial charge in [0.05, 0.1) is 18.7 Å². The molecule has 2 unspecified atom stereocenters. The molecule has 6 atom stereocenters. The zero-order chi connectivity index (χ0) is 15.3. The SMILES string of the molecule is C#C[C@H]1CC[C@@H](C#N)N1C(=O)CNC12C[C@@H]3CC1C[C@@H](C3)C2. The van der Waals surface area contributed by atoms with Gasteiger partial charge in [-0.3, -0.25) is 4.79 Å². The molecule has 1 N–H and O–H groups in total. The summed E-state index contributed by atoms with van der Waals surface area (Å²) < 4.78 is 0. The maximum absolute atomic E-state index is 12.6. The first-order valence-corrected chi connectivity index (χ1v) is 8.57. The van der Waals surface area contributed by atoms with E-state index in [-0.39, 0.29) is 23.5 Å². The molecule has 5 fully saturated rings. The molecule has 0 aromatic carbocycles. The van der Waals surface area contributed by atoms with Crippen molar-refractivity contribution in [2.24, 2.45) is 17.8 Å². The minimum Gasteiger partial charge on any atom is -0.312 e. The lowest BCUT2D eigenvalue weighted by Crippen LogP contribution is -2.52. The largest absolute Gasteiger partial charge is 0.312 e. The van der Waals surface area contributed by atoms with Crippen molar-refractivity contribution in [3.05, 3.63) is 0 Å². The van der Waals surface area contributed by atoms with Gasteiger partial charge in [-0.2, -0.15) is 5.26 Å². The summed E-state index contributed by atoms with van der Waals surface area (Å²) in [4.78, 5) is 14.3. The highest BCUT2D eigenvalue weighted by molar-refractivity contribution is 5.80. The topological polar surface area (TPSA) is 56.1 Å². The van der Waals surface area contributed by atoms with Gasteiger partial charge in [-0.05, 0) is 62.7 Å². The van der Waals surface area contributed by atoms with Crippen molar-refractivity contribution in [2.45, 2.75) is 62.6 Å². The van der Waals surface area contributed by atoms with Gasteiger partial charge in [0.25, 0.3) is 0 Å². The van der Waals surface area contributed by atoms with Crippen LogP contribution < -0.4 is 5.32 Å². The van der Waals surface area contributed by atoms with Gasteiger partial charge in [-0.25, -0.2) is 0 Å². The number of rotatable bonds is 3. The molecule has 1 saturated heterocycles. The maximum Gasteiger partial charge on any atom is 0.238 e. The van der Waals surface area contributed by atoms with Crippen LogP contribution in [0, 0.1) is 41.4 Å². The van der Waals surface area contributed by atoms with Gasteiger partial charge in [0.15, 0.2) is 0 Å². The Morgan fingerprint density at radius 3 is 2.55 bits per heavy atom. The highest BCUT2D eigenvalue weighted by atomic mass is 16.2. The summed E-state index contributed by atoms with van der Waals surface area (Å²) >= 11 is 0. The van der Waals surface area contributed by atoms with Crippen molar-refractivity contribution in [1.82, 2.24) is 10.2 Å². The van der Waals surface area contributed by atoms with Crippen LogP contribution in [0.5, 0.6) is 0 Å². The number of nitrogens with zero attached hydrogens (tertiary/aromatic N) is 2. The van der Waals surface area contributed by atoms with Crippen molar-refractivity contribution >= 4 is 5.91 Å². The van der Waals surface area contributed by atoms with E-state index in [4.69, 9.17) is 6.42 Å². The number of nitriles is 1. The average Bonchev–Trinajstić information content (AvgIpc) is 3.11. The van der Waals surface area contributed by atoms with Crippen molar-refractivity contribution < 1.29 is 4.79 Å². The van der Waals surface area contributed by atoms with Gasteiger partial charge >= 0.3 is 0 Å². The molecule has 0 aromatic heterocycles. The molecule has 0 aromatic rings.